The van der Waals surface area contributed by atoms with E-state index in [1.165, 1.54) is 6.39 Å². The minimum absolute atomic E-state index is 0.112. The number of hydrogen-bond donors (Lipinski definition) is 1. The minimum Gasteiger partial charge on any atom is -0.438 e. The minimum atomic E-state index is -0.342. The highest BCUT2D eigenvalue weighted by Gasteiger charge is 2.19. The largest absolute Gasteiger partial charge is 0.438 e. The number of carbonyl (C=O) groups excluding carboxylic acids is 1. The van der Waals surface area contributed by atoms with Crippen molar-refractivity contribution in [3.05, 3.63) is 47.7 Å². The summed E-state index contributed by atoms with van der Waals surface area (Å²) in [5.74, 6) is -0.00858. The van der Waals surface area contributed by atoms with Crippen molar-refractivity contribution < 1.29 is 9.21 Å². The zero-order valence-corrected chi connectivity index (χ0v) is 10.7. The van der Waals surface area contributed by atoms with Gasteiger partial charge in [-0.2, -0.15) is 5.26 Å². The highest BCUT2D eigenvalue weighted by Crippen LogP contribution is 2.19. The molecule has 96 valence electrons. The van der Waals surface area contributed by atoms with Gasteiger partial charge in [0, 0.05) is 5.69 Å². The van der Waals surface area contributed by atoms with Crippen LogP contribution in [0.4, 0.5) is 5.69 Å². The smallest absolute Gasteiger partial charge is 0.293 e. The van der Waals surface area contributed by atoms with Crippen molar-refractivity contribution in [1.29, 1.82) is 5.26 Å². The fourth-order valence-electron chi connectivity index (χ4n) is 1.65. The number of nitrogens with one attached hydrogen (secondary N) is 1. The maximum Gasteiger partial charge on any atom is 0.293 e. The number of nitrogens with zero attached hydrogens (tertiary/aromatic N) is 2. The molecule has 0 fully saturated rings. The Morgan fingerprint density at radius 2 is 2.05 bits per heavy atom. The molecule has 0 saturated heterocycles. The van der Waals surface area contributed by atoms with E-state index in [4.69, 9.17) is 9.68 Å². The van der Waals surface area contributed by atoms with E-state index in [1.807, 2.05) is 19.9 Å². The van der Waals surface area contributed by atoms with Gasteiger partial charge in [-0.05, 0) is 30.2 Å². The molecule has 5 nitrogen and oxygen atoms in total. The van der Waals surface area contributed by atoms with Gasteiger partial charge in [0.05, 0.1) is 17.3 Å². The van der Waals surface area contributed by atoms with E-state index in [9.17, 15) is 4.79 Å². The number of carbonyl (C=O) groups is 1. The van der Waals surface area contributed by atoms with E-state index in [0.717, 1.165) is 0 Å². The van der Waals surface area contributed by atoms with Gasteiger partial charge in [-0.25, -0.2) is 4.98 Å². The van der Waals surface area contributed by atoms with E-state index in [2.05, 4.69) is 10.3 Å². The summed E-state index contributed by atoms with van der Waals surface area (Å²) in [6.45, 7) is 3.88. The summed E-state index contributed by atoms with van der Waals surface area (Å²) >= 11 is 0. The van der Waals surface area contributed by atoms with E-state index in [-0.39, 0.29) is 17.6 Å². The zero-order chi connectivity index (χ0) is 13.8. The number of amides is 1. The summed E-state index contributed by atoms with van der Waals surface area (Å²) in [5, 5.41) is 11.4. The average Bonchev–Trinajstić information content (AvgIpc) is 2.89. The molecule has 1 aromatic heterocycles. The molecule has 19 heavy (non-hydrogen) atoms. The quantitative estimate of drug-likeness (QED) is 0.914. The van der Waals surface area contributed by atoms with Gasteiger partial charge in [0.15, 0.2) is 6.39 Å². The van der Waals surface area contributed by atoms with Crippen LogP contribution in [-0.4, -0.2) is 10.9 Å². The van der Waals surface area contributed by atoms with E-state index < -0.39 is 0 Å². The number of benzene rings is 1. The topological polar surface area (TPSA) is 78.9 Å². The predicted molar refractivity (Wildman–Crippen MR) is 69.7 cm³/mol. The molecular formula is C14H13N3O2. The third-order valence-corrected chi connectivity index (χ3v) is 2.62. The van der Waals surface area contributed by atoms with Gasteiger partial charge in [0.1, 0.15) is 0 Å². The molecule has 0 radical (unpaired) electrons. The fraction of sp³-hybridized carbons (Fsp3) is 0.214. The lowest BCUT2D eigenvalue weighted by atomic mass is 10.1. The maximum absolute atomic E-state index is 12.0. The van der Waals surface area contributed by atoms with Crippen molar-refractivity contribution in [2.75, 3.05) is 5.32 Å². The molecule has 1 heterocycles. The van der Waals surface area contributed by atoms with Crippen molar-refractivity contribution in [3.8, 4) is 6.07 Å². The lowest BCUT2D eigenvalue weighted by molar-refractivity contribution is 0.0995. The number of oxazole rings is 1. The van der Waals surface area contributed by atoms with Crippen LogP contribution in [0.1, 0.15) is 41.6 Å². The van der Waals surface area contributed by atoms with Crippen molar-refractivity contribution >= 4 is 11.6 Å². The number of aromatic nitrogens is 1. The van der Waals surface area contributed by atoms with Gasteiger partial charge >= 0.3 is 0 Å². The number of hydrogen-bond acceptors (Lipinski definition) is 4. The predicted octanol–water partition coefficient (Wildman–Crippen LogP) is 2.92. The van der Waals surface area contributed by atoms with Gasteiger partial charge < -0.3 is 9.73 Å². The van der Waals surface area contributed by atoms with Crippen LogP contribution in [0.25, 0.3) is 0 Å². The Bertz CT molecular complexity index is 621. The number of nitriles is 1. The first kappa shape index (κ1) is 12.8. The summed E-state index contributed by atoms with van der Waals surface area (Å²) in [6, 6.07) is 8.63. The molecule has 0 saturated carbocycles. The van der Waals surface area contributed by atoms with Crippen molar-refractivity contribution in [2.45, 2.75) is 19.8 Å². The first-order valence-corrected chi connectivity index (χ1v) is 5.86. The standard InChI is InChI=1S/C14H13N3O2/c1-9(2)12-13(19-8-16-12)14(18)17-11-5-3-10(7-15)4-6-11/h3-6,8-9H,1-2H3,(H,17,18). The van der Waals surface area contributed by atoms with E-state index >= 15 is 0 Å². The van der Waals surface area contributed by atoms with Gasteiger partial charge in [0.2, 0.25) is 5.76 Å². The lowest BCUT2D eigenvalue weighted by Crippen LogP contribution is -2.13. The molecule has 0 aliphatic rings. The first-order chi connectivity index (χ1) is 9.11. The molecule has 0 unspecified atom stereocenters. The van der Waals surface area contributed by atoms with Gasteiger partial charge in [-0.1, -0.05) is 13.8 Å². The second-order valence-corrected chi connectivity index (χ2v) is 4.36. The molecular weight excluding hydrogens is 242 g/mol. The molecule has 0 atom stereocenters. The third-order valence-electron chi connectivity index (χ3n) is 2.62. The molecule has 0 spiro atoms. The summed E-state index contributed by atoms with van der Waals surface area (Å²) in [6.07, 6.45) is 1.27. The lowest BCUT2D eigenvalue weighted by Gasteiger charge is -2.05. The molecule has 0 aliphatic carbocycles. The van der Waals surface area contributed by atoms with Crippen LogP contribution in [0.2, 0.25) is 0 Å². The molecule has 0 bridgehead atoms. The Balaban J connectivity index is 2.16. The summed E-state index contributed by atoms with van der Waals surface area (Å²) in [5.41, 5.74) is 1.78. The molecule has 2 rings (SSSR count). The zero-order valence-electron chi connectivity index (χ0n) is 10.7. The normalized spacial score (nSPS) is 10.2. The third kappa shape index (κ3) is 2.80. The van der Waals surface area contributed by atoms with Crippen LogP contribution in [0.3, 0.4) is 0 Å². The fourth-order valence-corrected chi connectivity index (χ4v) is 1.65. The summed E-state index contributed by atoms with van der Waals surface area (Å²) in [4.78, 5) is 16.1. The molecule has 5 heteroatoms. The monoisotopic (exact) mass is 255 g/mol. The molecule has 1 aromatic carbocycles. The Hall–Kier alpha value is -2.61. The second kappa shape index (κ2) is 5.36. The Morgan fingerprint density at radius 1 is 1.37 bits per heavy atom. The van der Waals surface area contributed by atoms with Gasteiger partial charge in [0.25, 0.3) is 5.91 Å². The Labute approximate surface area is 110 Å². The van der Waals surface area contributed by atoms with Gasteiger partial charge in [-0.15, -0.1) is 0 Å². The van der Waals surface area contributed by atoms with Gasteiger partial charge in [-0.3, -0.25) is 4.79 Å². The highest BCUT2D eigenvalue weighted by atomic mass is 16.3. The van der Waals surface area contributed by atoms with Crippen molar-refractivity contribution in [1.82, 2.24) is 4.98 Å². The maximum atomic E-state index is 12.0. The SMILES string of the molecule is CC(C)c1ncoc1C(=O)Nc1ccc(C#N)cc1. The number of rotatable bonds is 3. The van der Waals surface area contributed by atoms with E-state index in [0.29, 0.717) is 16.9 Å². The molecule has 0 aliphatic heterocycles. The molecule has 1 N–H and O–H groups in total. The van der Waals surface area contributed by atoms with Crippen LogP contribution < -0.4 is 5.32 Å². The van der Waals surface area contributed by atoms with Crippen LogP contribution in [0, 0.1) is 11.3 Å². The Morgan fingerprint density at radius 3 is 2.63 bits per heavy atom. The van der Waals surface area contributed by atoms with Crippen molar-refractivity contribution in [3.63, 3.8) is 0 Å². The molecule has 1 amide bonds. The van der Waals surface area contributed by atoms with Crippen LogP contribution in [-0.2, 0) is 0 Å². The summed E-state index contributed by atoms with van der Waals surface area (Å²) in [7, 11) is 0. The van der Waals surface area contributed by atoms with E-state index in [1.54, 1.807) is 24.3 Å². The van der Waals surface area contributed by atoms with Crippen LogP contribution in [0.15, 0.2) is 35.1 Å². The number of anilines is 1. The highest BCUT2D eigenvalue weighted by molar-refractivity contribution is 6.03. The second-order valence-electron chi connectivity index (χ2n) is 4.36. The van der Waals surface area contributed by atoms with Crippen LogP contribution in [0.5, 0.6) is 0 Å². The first-order valence-electron chi connectivity index (χ1n) is 5.86. The average molecular weight is 255 g/mol. The van der Waals surface area contributed by atoms with Crippen LogP contribution >= 0.6 is 0 Å². The van der Waals surface area contributed by atoms with Crippen molar-refractivity contribution in [2.24, 2.45) is 0 Å². The Kier molecular flexibility index (Phi) is 3.62. The molecule has 2 aromatic rings. The summed E-state index contributed by atoms with van der Waals surface area (Å²) < 4.78 is 5.13.